The van der Waals surface area contributed by atoms with Crippen LogP contribution in [-0.2, 0) is 13.1 Å². The molecular formula is C15H18BrFN2S. The third kappa shape index (κ3) is 4.30. The number of benzene rings is 1. The zero-order valence-corrected chi connectivity index (χ0v) is 14.0. The first-order valence-corrected chi connectivity index (χ1v) is 8.20. The molecule has 20 heavy (non-hydrogen) atoms. The highest BCUT2D eigenvalue weighted by Crippen LogP contribution is 2.24. The van der Waals surface area contributed by atoms with Crippen molar-refractivity contribution >= 4 is 33.0 Å². The fourth-order valence-corrected chi connectivity index (χ4v) is 3.49. The highest BCUT2D eigenvalue weighted by Gasteiger charge is 2.07. The molecule has 0 fully saturated rings. The Morgan fingerprint density at radius 1 is 1.30 bits per heavy atom. The second kappa shape index (κ2) is 7.20. The van der Waals surface area contributed by atoms with E-state index in [0.29, 0.717) is 6.54 Å². The third-order valence-corrected chi connectivity index (χ3v) is 4.66. The largest absolute Gasteiger partial charge is 0.369 e. The average Bonchev–Trinajstić information content (AvgIpc) is 2.81. The topological polar surface area (TPSA) is 15.3 Å². The van der Waals surface area contributed by atoms with E-state index in [1.165, 1.54) is 4.88 Å². The molecule has 2 rings (SSSR count). The van der Waals surface area contributed by atoms with Gasteiger partial charge < -0.3 is 10.2 Å². The molecular weight excluding hydrogens is 339 g/mol. The van der Waals surface area contributed by atoms with Crippen LogP contribution < -0.4 is 10.2 Å². The Morgan fingerprint density at radius 3 is 2.75 bits per heavy atom. The zero-order valence-electron chi connectivity index (χ0n) is 11.6. The van der Waals surface area contributed by atoms with Gasteiger partial charge in [0.1, 0.15) is 5.82 Å². The van der Waals surface area contributed by atoms with Gasteiger partial charge in [-0.15, -0.1) is 11.3 Å². The normalized spacial score (nSPS) is 10.8. The number of hydrogen-bond donors (Lipinski definition) is 1. The van der Waals surface area contributed by atoms with E-state index in [1.54, 1.807) is 23.5 Å². The van der Waals surface area contributed by atoms with Crippen LogP contribution in [0.5, 0.6) is 0 Å². The van der Waals surface area contributed by atoms with Crippen molar-refractivity contribution in [2.45, 2.75) is 20.0 Å². The lowest BCUT2D eigenvalue weighted by atomic mass is 10.1. The maximum Gasteiger partial charge on any atom is 0.125 e. The summed E-state index contributed by atoms with van der Waals surface area (Å²) in [6.07, 6.45) is 0. The molecule has 2 nitrogen and oxygen atoms in total. The highest BCUT2D eigenvalue weighted by molar-refractivity contribution is 9.10. The van der Waals surface area contributed by atoms with Crippen molar-refractivity contribution in [1.82, 2.24) is 5.32 Å². The lowest BCUT2D eigenvalue weighted by Crippen LogP contribution is -2.17. The van der Waals surface area contributed by atoms with Crippen LogP contribution in [0.1, 0.15) is 17.4 Å². The van der Waals surface area contributed by atoms with Crippen molar-refractivity contribution in [1.29, 1.82) is 0 Å². The van der Waals surface area contributed by atoms with Gasteiger partial charge >= 0.3 is 0 Å². The number of hydrogen-bond acceptors (Lipinski definition) is 3. The second-order valence-corrected chi connectivity index (χ2v) is 6.60. The minimum Gasteiger partial charge on any atom is -0.369 e. The van der Waals surface area contributed by atoms with E-state index in [2.05, 4.69) is 37.6 Å². The van der Waals surface area contributed by atoms with E-state index >= 15 is 0 Å². The maximum absolute atomic E-state index is 13.7. The minimum absolute atomic E-state index is 0.186. The van der Waals surface area contributed by atoms with Gasteiger partial charge in [0, 0.05) is 34.0 Å². The Bertz CT molecular complexity index is 571. The van der Waals surface area contributed by atoms with Crippen LogP contribution in [0.25, 0.3) is 0 Å². The Morgan fingerprint density at radius 2 is 2.10 bits per heavy atom. The van der Waals surface area contributed by atoms with Crippen molar-refractivity contribution in [2.75, 3.05) is 18.5 Å². The van der Waals surface area contributed by atoms with Gasteiger partial charge in [-0.2, -0.15) is 0 Å². The van der Waals surface area contributed by atoms with Gasteiger partial charge in [-0.25, -0.2) is 4.39 Å². The Kier molecular flexibility index (Phi) is 5.57. The predicted molar refractivity (Wildman–Crippen MR) is 87.9 cm³/mol. The number of halogens is 2. The van der Waals surface area contributed by atoms with Gasteiger partial charge in [-0.05, 0) is 52.3 Å². The van der Waals surface area contributed by atoms with E-state index in [0.717, 1.165) is 28.8 Å². The molecule has 0 aliphatic heterocycles. The molecule has 0 atom stereocenters. The van der Waals surface area contributed by atoms with Crippen LogP contribution >= 0.6 is 27.3 Å². The van der Waals surface area contributed by atoms with Crippen LogP contribution in [0.2, 0.25) is 0 Å². The molecule has 108 valence electrons. The van der Waals surface area contributed by atoms with Gasteiger partial charge in [0.25, 0.3) is 0 Å². The molecule has 0 bridgehead atoms. The van der Waals surface area contributed by atoms with Crippen LogP contribution in [0.4, 0.5) is 10.1 Å². The fourth-order valence-electron chi connectivity index (χ4n) is 1.99. The molecule has 1 aromatic heterocycles. The molecule has 0 saturated carbocycles. The van der Waals surface area contributed by atoms with Crippen molar-refractivity contribution in [3.05, 3.63) is 50.4 Å². The molecule has 5 heteroatoms. The summed E-state index contributed by atoms with van der Waals surface area (Å²) in [4.78, 5) is 3.31. The lowest BCUT2D eigenvalue weighted by Gasteiger charge is -2.19. The number of rotatable bonds is 6. The maximum atomic E-state index is 13.7. The molecule has 2 aromatic rings. The van der Waals surface area contributed by atoms with Gasteiger partial charge in [0.05, 0.1) is 6.54 Å². The summed E-state index contributed by atoms with van der Waals surface area (Å²) in [6, 6.07) is 7.30. The van der Waals surface area contributed by atoms with Crippen LogP contribution in [0.15, 0.2) is 34.1 Å². The Balaban J connectivity index is 2.12. The Hall–Kier alpha value is -0.910. The molecule has 0 aliphatic carbocycles. The number of anilines is 1. The molecule has 0 radical (unpaired) electrons. The third-order valence-electron chi connectivity index (χ3n) is 2.98. The van der Waals surface area contributed by atoms with E-state index < -0.39 is 0 Å². The van der Waals surface area contributed by atoms with E-state index in [4.69, 9.17) is 0 Å². The molecule has 1 aromatic carbocycles. The standard InChI is InChI=1S/C15H18BrFN2S/c1-3-18-8-11-4-13(17)7-14(5-11)19(2)9-15-6-12(16)10-20-15/h4-7,10,18H,3,8-9H2,1-2H3. The van der Waals surface area contributed by atoms with Crippen LogP contribution in [0.3, 0.4) is 0 Å². The summed E-state index contributed by atoms with van der Waals surface area (Å²) >= 11 is 5.15. The summed E-state index contributed by atoms with van der Waals surface area (Å²) in [5, 5.41) is 5.28. The van der Waals surface area contributed by atoms with Crippen LogP contribution in [-0.4, -0.2) is 13.6 Å². The highest BCUT2D eigenvalue weighted by atomic mass is 79.9. The summed E-state index contributed by atoms with van der Waals surface area (Å²) < 4.78 is 14.8. The number of thiophene rings is 1. The van der Waals surface area contributed by atoms with Crippen molar-refractivity contribution in [3.8, 4) is 0 Å². The van der Waals surface area contributed by atoms with E-state index in [9.17, 15) is 4.39 Å². The quantitative estimate of drug-likeness (QED) is 0.825. The fraction of sp³-hybridized carbons (Fsp3) is 0.333. The summed E-state index contributed by atoms with van der Waals surface area (Å²) in [6.45, 7) is 4.39. The van der Waals surface area contributed by atoms with Gasteiger partial charge in [0.15, 0.2) is 0 Å². The molecule has 0 spiro atoms. The minimum atomic E-state index is -0.186. The lowest BCUT2D eigenvalue weighted by molar-refractivity contribution is 0.621. The van der Waals surface area contributed by atoms with Crippen molar-refractivity contribution in [2.24, 2.45) is 0 Å². The monoisotopic (exact) mass is 356 g/mol. The summed E-state index contributed by atoms with van der Waals surface area (Å²) in [5.41, 5.74) is 1.88. The summed E-state index contributed by atoms with van der Waals surface area (Å²) in [7, 11) is 1.99. The SMILES string of the molecule is CCNCc1cc(F)cc(N(C)Cc2cc(Br)cs2)c1. The molecule has 0 saturated heterocycles. The van der Waals surface area contributed by atoms with Gasteiger partial charge in [-0.1, -0.05) is 6.92 Å². The van der Waals surface area contributed by atoms with Gasteiger partial charge in [0.2, 0.25) is 0 Å². The number of nitrogens with zero attached hydrogens (tertiary/aromatic N) is 1. The Labute approximate surface area is 131 Å². The second-order valence-electron chi connectivity index (χ2n) is 4.69. The molecule has 0 unspecified atom stereocenters. The molecule has 0 aliphatic rings. The van der Waals surface area contributed by atoms with Crippen molar-refractivity contribution in [3.63, 3.8) is 0 Å². The molecule has 1 heterocycles. The van der Waals surface area contributed by atoms with E-state index in [-0.39, 0.29) is 5.82 Å². The first-order valence-electron chi connectivity index (χ1n) is 6.52. The molecule has 0 amide bonds. The zero-order chi connectivity index (χ0) is 14.5. The smallest absolute Gasteiger partial charge is 0.125 e. The summed E-state index contributed by atoms with van der Waals surface area (Å²) in [5.74, 6) is -0.186. The predicted octanol–water partition coefficient (Wildman–Crippen LogP) is 4.40. The van der Waals surface area contributed by atoms with Crippen LogP contribution in [0, 0.1) is 5.82 Å². The molecule has 1 N–H and O–H groups in total. The number of nitrogens with one attached hydrogen (secondary N) is 1. The first kappa shape index (κ1) is 15.5. The van der Waals surface area contributed by atoms with Crippen molar-refractivity contribution < 1.29 is 4.39 Å². The van der Waals surface area contributed by atoms with E-state index in [1.807, 2.05) is 20.0 Å². The first-order chi connectivity index (χ1) is 9.58. The van der Waals surface area contributed by atoms with Gasteiger partial charge in [-0.3, -0.25) is 0 Å². The average molecular weight is 357 g/mol.